The number of aliphatic hydroxyl groups excluding tert-OH is 1. The quantitative estimate of drug-likeness (QED) is 0.576. The maximum absolute atomic E-state index is 11.9. The van der Waals surface area contributed by atoms with Gasteiger partial charge in [-0.25, -0.2) is 17.9 Å². The van der Waals surface area contributed by atoms with Gasteiger partial charge in [0, 0.05) is 6.54 Å². The van der Waals surface area contributed by atoms with Crippen LogP contribution in [0.4, 0.5) is 0 Å². The fraction of sp³-hybridized carbons (Fsp3) is 0.500. The molecule has 0 aliphatic rings. The largest absolute Gasteiger partial charge is 0.477 e. The Labute approximate surface area is 114 Å². The van der Waals surface area contributed by atoms with Crippen LogP contribution in [0.5, 0.6) is 0 Å². The third-order valence-corrected chi connectivity index (χ3v) is 5.44. The average molecular weight is 309 g/mol. The fourth-order valence-corrected chi connectivity index (χ4v) is 3.76. The summed E-state index contributed by atoms with van der Waals surface area (Å²) in [5.74, 6) is -1.19. The lowest BCUT2D eigenvalue weighted by Crippen LogP contribution is -2.43. The number of aliphatic hydroxyl groups is 2. The van der Waals surface area contributed by atoms with Gasteiger partial charge in [-0.15, -0.1) is 11.3 Å². The number of sulfonamides is 1. The van der Waals surface area contributed by atoms with Gasteiger partial charge in [0.05, 0.1) is 12.2 Å². The van der Waals surface area contributed by atoms with E-state index in [1.165, 1.54) is 19.9 Å². The predicted molar refractivity (Wildman–Crippen MR) is 68.9 cm³/mol. The molecule has 0 aromatic carbocycles. The summed E-state index contributed by atoms with van der Waals surface area (Å²) in [7, 11) is -3.90. The molecule has 7 nitrogen and oxygen atoms in total. The van der Waals surface area contributed by atoms with Crippen LogP contribution in [0.2, 0.25) is 0 Å². The number of carboxylic acids is 1. The highest BCUT2D eigenvalue weighted by molar-refractivity contribution is 7.91. The zero-order valence-corrected chi connectivity index (χ0v) is 12.0. The predicted octanol–water partition coefficient (Wildman–Crippen LogP) is -0.224. The molecule has 0 aliphatic carbocycles. The SMILES string of the molecule is Cc1cc(S(=O)(=O)NCC(C)(O)CO)sc1C(=O)O. The van der Waals surface area contributed by atoms with Gasteiger partial charge in [0.25, 0.3) is 0 Å². The first-order valence-corrected chi connectivity index (χ1v) is 7.56. The van der Waals surface area contributed by atoms with E-state index in [0.717, 1.165) is 0 Å². The van der Waals surface area contributed by atoms with Crippen LogP contribution in [0.1, 0.15) is 22.2 Å². The summed E-state index contributed by atoms with van der Waals surface area (Å²) in [4.78, 5) is 10.8. The standard InChI is InChI=1S/C10H15NO6S2/c1-6-3-7(18-8(6)9(13)14)19(16,17)11-4-10(2,15)5-12/h3,11-12,15H,4-5H2,1-2H3,(H,13,14). The van der Waals surface area contributed by atoms with E-state index >= 15 is 0 Å². The molecule has 0 aliphatic heterocycles. The first-order valence-electron chi connectivity index (χ1n) is 5.26. The summed E-state index contributed by atoms with van der Waals surface area (Å²) in [5.41, 5.74) is -1.22. The van der Waals surface area contributed by atoms with Crippen LogP contribution in [0.25, 0.3) is 0 Å². The molecule has 0 saturated heterocycles. The summed E-state index contributed by atoms with van der Waals surface area (Å²) in [6, 6.07) is 1.25. The number of aryl methyl sites for hydroxylation is 1. The Morgan fingerprint density at radius 2 is 2.11 bits per heavy atom. The number of hydrogen-bond donors (Lipinski definition) is 4. The Morgan fingerprint density at radius 1 is 1.53 bits per heavy atom. The van der Waals surface area contributed by atoms with Crippen LogP contribution in [-0.2, 0) is 10.0 Å². The summed E-state index contributed by atoms with van der Waals surface area (Å²) < 4.78 is 25.8. The Kier molecular flexibility index (Phi) is 4.69. The minimum absolute atomic E-state index is 0.0470. The second-order valence-corrected chi connectivity index (χ2v) is 7.41. The van der Waals surface area contributed by atoms with E-state index in [-0.39, 0.29) is 15.6 Å². The molecule has 1 atom stereocenters. The van der Waals surface area contributed by atoms with Crippen molar-refractivity contribution in [2.75, 3.05) is 13.2 Å². The van der Waals surface area contributed by atoms with E-state index in [0.29, 0.717) is 16.9 Å². The van der Waals surface area contributed by atoms with Crippen molar-refractivity contribution in [1.82, 2.24) is 4.72 Å². The molecule has 1 rings (SSSR count). The molecule has 0 amide bonds. The lowest BCUT2D eigenvalue weighted by atomic mass is 10.1. The Balaban J connectivity index is 2.96. The molecule has 1 aromatic rings. The Hall–Kier alpha value is -1.00. The fourth-order valence-electron chi connectivity index (χ4n) is 1.18. The first-order chi connectivity index (χ1) is 8.59. The normalized spacial score (nSPS) is 15.2. The van der Waals surface area contributed by atoms with Gasteiger partial charge < -0.3 is 15.3 Å². The number of rotatable bonds is 6. The molecule has 0 bridgehead atoms. The average Bonchev–Trinajstić information content (AvgIpc) is 2.70. The highest BCUT2D eigenvalue weighted by atomic mass is 32.2. The molecule has 1 heterocycles. The third-order valence-electron chi connectivity index (χ3n) is 2.34. The van der Waals surface area contributed by atoms with Gasteiger partial charge in [-0.1, -0.05) is 0 Å². The molecule has 0 radical (unpaired) electrons. The topological polar surface area (TPSA) is 124 Å². The summed E-state index contributed by atoms with van der Waals surface area (Å²) in [6.07, 6.45) is 0. The molecule has 0 spiro atoms. The van der Waals surface area contributed by atoms with Crippen molar-refractivity contribution in [2.45, 2.75) is 23.7 Å². The first kappa shape index (κ1) is 16.1. The van der Waals surface area contributed by atoms with Crippen LogP contribution >= 0.6 is 11.3 Å². The van der Waals surface area contributed by atoms with Gasteiger partial charge in [-0.2, -0.15) is 0 Å². The Bertz CT molecular complexity index is 575. The molecule has 9 heteroatoms. The molecule has 4 N–H and O–H groups in total. The van der Waals surface area contributed by atoms with Crippen LogP contribution in [0.15, 0.2) is 10.3 Å². The van der Waals surface area contributed by atoms with E-state index < -0.39 is 28.2 Å². The number of carbonyl (C=O) groups is 1. The number of nitrogens with one attached hydrogen (secondary N) is 1. The van der Waals surface area contributed by atoms with E-state index in [9.17, 15) is 18.3 Å². The lowest BCUT2D eigenvalue weighted by Gasteiger charge is -2.20. The van der Waals surface area contributed by atoms with Crippen LogP contribution in [0.3, 0.4) is 0 Å². The molecule has 1 aromatic heterocycles. The Morgan fingerprint density at radius 3 is 2.53 bits per heavy atom. The summed E-state index contributed by atoms with van der Waals surface area (Å²) in [5, 5.41) is 27.2. The number of aromatic carboxylic acids is 1. The van der Waals surface area contributed by atoms with Crippen molar-refractivity contribution in [3.05, 3.63) is 16.5 Å². The van der Waals surface area contributed by atoms with Crippen molar-refractivity contribution in [1.29, 1.82) is 0 Å². The monoisotopic (exact) mass is 309 g/mol. The minimum atomic E-state index is -3.90. The van der Waals surface area contributed by atoms with Crippen LogP contribution in [0, 0.1) is 6.92 Å². The van der Waals surface area contributed by atoms with Crippen LogP contribution < -0.4 is 4.72 Å². The highest BCUT2D eigenvalue weighted by Crippen LogP contribution is 2.25. The molecule has 19 heavy (non-hydrogen) atoms. The van der Waals surface area contributed by atoms with Gasteiger partial charge in [0.15, 0.2) is 0 Å². The molecular weight excluding hydrogens is 294 g/mol. The number of thiophene rings is 1. The van der Waals surface area contributed by atoms with Gasteiger partial charge in [0.1, 0.15) is 9.09 Å². The molecule has 0 fully saturated rings. The maximum Gasteiger partial charge on any atom is 0.346 e. The molecule has 108 valence electrons. The maximum atomic E-state index is 11.9. The zero-order valence-electron chi connectivity index (χ0n) is 10.4. The highest BCUT2D eigenvalue weighted by Gasteiger charge is 2.26. The molecular formula is C10H15NO6S2. The van der Waals surface area contributed by atoms with Gasteiger partial charge in [-0.3, -0.25) is 0 Å². The summed E-state index contributed by atoms with van der Waals surface area (Å²) in [6.45, 7) is 1.81. The van der Waals surface area contributed by atoms with E-state index in [2.05, 4.69) is 4.72 Å². The molecule has 0 saturated carbocycles. The zero-order chi connectivity index (χ0) is 14.8. The van der Waals surface area contributed by atoms with Gasteiger partial charge in [0.2, 0.25) is 10.0 Å². The lowest BCUT2D eigenvalue weighted by molar-refractivity contribution is 0.00682. The molecule has 1 unspecified atom stereocenters. The van der Waals surface area contributed by atoms with Crippen molar-refractivity contribution >= 4 is 27.3 Å². The number of carboxylic acid groups (broad SMARTS) is 1. The van der Waals surface area contributed by atoms with E-state index in [1.807, 2.05) is 0 Å². The van der Waals surface area contributed by atoms with Gasteiger partial charge >= 0.3 is 5.97 Å². The smallest absolute Gasteiger partial charge is 0.346 e. The second kappa shape index (κ2) is 5.55. The van der Waals surface area contributed by atoms with Crippen molar-refractivity contribution in [3.8, 4) is 0 Å². The van der Waals surface area contributed by atoms with Crippen molar-refractivity contribution < 1.29 is 28.5 Å². The van der Waals surface area contributed by atoms with Crippen molar-refractivity contribution in [2.24, 2.45) is 0 Å². The second-order valence-electron chi connectivity index (χ2n) is 4.36. The van der Waals surface area contributed by atoms with Crippen LogP contribution in [-0.4, -0.2) is 48.5 Å². The summed E-state index contributed by atoms with van der Waals surface area (Å²) >= 11 is 0.639. The number of hydrogen-bond acceptors (Lipinski definition) is 6. The van der Waals surface area contributed by atoms with E-state index in [4.69, 9.17) is 10.2 Å². The van der Waals surface area contributed by atoms with Crippen molar-refractivity contribution in [3.63, 3.8) is 0 Å². The van der Waals surface area contributed by atoms with E-state index in [1.54, 1.807) is 0 Å². The third kappa shape index (κ3) is 3.98. The van der Waals surface area contributed by atoms with Gasteiger partial charge in [-0.05, 0) is 25.5 Å². The minimum Gasteiger partial charge on any atom is -0.477 e.